The summed E-state index contributed by atoms with van der Waals surface area (Å²) in [6.07, 6.45) is 4.06. The van der Waals surface area contributed by atoms with Crippen molar-refractivity contribution < 1.29 is 9.53 Å². The van der Waals surface area contributed by atoms with Crippen molar-refractivity contribution in [2.45, 2.75) is 39.5 Å². The third-order valence-electron chi connectivity index (χ3n) is 3.89. The minimum Gasteiger partial charge on any atom is -0.426 e. The lowest BCUT2D eigenvalue weighted by Crippen LogP contribution is -2.24. The van der Waals surface area contributed by atoms with Gasteiger partial charge in [-0.1, -0.05) is 6.92 Å². The van der Waals surface area contributed by atoms with E-state index in [0.29, 0.717) is 11.3 Å². The summed E-state index contributed by atoms with van der Waals surface area (Å²) in [7, 11) is 0. The molecule has 0 heterocycles. The van der Waals surface area contributed by atoms with E-state index in [-0.39, 0.29) is 11.9 Å². The van der Waals surface area contributed by atoms with Crippen molar-refractivity contribution in [2.24, 2.45) is 11.8 Å². The van der Waals surface area contributed by atoms with Crippen molar-refractivity contribution in [3.63, 3.8) is 0 Å². The van der Waals surface area contributed by atoms with Crippen molar-refractivity contribution in [3.05, 3.63) is 29.3 Å². The normalized spacial score (nSPS) is 22.6. The summed E-state index contributed by atoms with van der Waals surface area (Å²) < 4.78 is 5.42. The van der Waals surface area contributed by atoms with E-state index >= 15 is 0 Å². The summed E-state index contributed by atoms with van der Waals surface area (Å²) >= 11 is 0. The van der Waals surface area contributed by atoms with E-state index in [1.807, 2.05) is 6.92 Å². The van der Waals surface area contributed by atoms with Crippen LogP contribution in [0, 0.1) is 30.1 Å². The third kappa shape index (κ3) is 3.35. The highest BCUT2D eigenvalue weighted by Crippen LogP contribution is 2.29. The number of benzene rings is 1. The molecule has 3 nitrogen and oxygen atoms in total. The van der Waals surface area contributed by atoms with Crippen LogP contribution in [-0.4, -0.2) is 5.97 Å². The van der Waals surface area contributed by atoms with Gasteiger partial charge in [-0.3, -0.25) is 4.79 Å². The Balaban J connectivity index is 1.99. The quantitative estimate of drug-likeness (QED) is 0.601. The van der Waals surface area contributed by atoms with Gasteiger partial charge in [0, 0.05) is 0 Å². The van der Waals surface area contributed by atoms with Crippen molar-refractivity contribution in [3.8, 4) is 11.8 Å². The lowest BCUT2D eigenvalue weighted by molar-refractivity contribution is -0.140. The summed E-state index contributed by atoms with van der Waals surface area (Å²) in [5.74, 6) is 1.17. The zero-order chi connectivity index (χ0) is 13.8. The summed E-state index contributed by atoms with van der Waals surface area (Å²) in [6, 6.07) is 7.24. The average molecular weight is 257 g/mol. The Morgan fingerprint density at radius 2 is 2.00 bits per heavy atom. The molecule has 19 heavy (non-hydrogen) atoms. The molecule has 1 fully saturated rings. The minimum atomic E-state index is -0.129. The van der Waals surface area contributed by atoms with Crippen LogP contribution in [0.4, 0.5) is 0 Å². The maximum absolute atomic E-state index is 12.1. The van der Waals surface area contributed by atoms with Crippen molar-refractivity contribution in [2.75, 3.05) is 0 Å². The van der Waals surface area contributed by atoms with Crippen LogP contribution in [0.15, 0.2) is 18.2 Å². The highest BCUT2D eigenvalue weighted by atomic mass is 16.5. The van der Waals surface area contributed by atoms with Gasteiger partial charge in [0.25, 0.3) is 0 Å². The zero-order valence-corrected chi connectivity index (χ0v) is 11.5. The maximum atomic E-state index is 12.1. The molecule has 0 unspecified atom stereocenters. The zero-order valence-electron chi connectivity index (χ0n) is 11.5. The molecule has 0 amide bonds. The summed E-state index contributed by atoms with van der Waals surface area (Å²) in [5, 5.41) is 8.86. The number of carbonyl (C=O) groups excluding carboxylic acids is 1. The van der Waals surface area contributed by atoms with Gasteiger partial charge in [-0.05, 0) is 62.3 Å². The van der Waals surface area contributed by atoms with Crippen LogP contribution in [-0.2, 0) is 4.79 Å². The third-order valence-corrected chi connectivity index (χ3v) is 3.89. The van der Waals surface area contributed by atoms with E-state index in [9.17, 15) is 4.79 Å². The van der Waals surface area contributed by atoms with Crippen molar-refractivity contribution in [1.29, 1.82) is 5.26 Å². The SMILES string of the molecule is Cc1cc(OC(=O)C2CCC(C)CC2)ccc1C#N. The molecule has 1 aromatic rings. The first-order valence-electron chi connectivity index (χ1n) is 6.82. The fraction of sp³-hybridized carbons (Fsp3) is 0.500. The smallest absolute Gasteiger partial charge is 0.314 e. The first-order valence-corrected chi connectivity index (χ1v) is 6.82. The van der Waals surface area contributed by atoms with Crippen LogP contribution in [0.1, 0.15) is 43.7 Å². The van der Waals surface area contributed by atoms with Gasteiger partial charge < -0.3 is 4.74 Å². The summed E-state index contributed by atoms with van der Waals surface area (Å²) in [6.45, 7) is 4.07. The molecule has 100 valence electrons. The van der Waals surface area contributed by atoms with Crippen LogP contribution in [0.25, 0.3) is 0 Å². The lowest BCUT2D eigenvalue weighted by Gasteiger charge is -2.24. The van der Waals surface area contributed by atoms with E-state index in [1.54, 1.807) is 18.2 Å². The predicted molar refractivity (Wildman–Crippen MR) is 72.7 cm³/mol. The van der Waals surface area contributed by atoms with Gasteiger partial charge in [-0.25, -0.2) is 0 Å². The monoisotopic (exact) mass is 257 g/mol. The van der Waals surface area contributed by atoms with E-state index in [4.69, 9.17) is 10.00 Å². The second kappa shape index (κ2) is 5.88. The summed E-state index contributed by atoms with van der Waals surface area (Å²) in [5.41, 5.74) is 1.45. The lowest BCUT2D eigenvalue weighted by atomic mass is 9.83. The second-order valence-corrected chi connectivity index (χ2v) is 5.47. The fourth-order valence-corrected chi connectivity index (χ4v) is 2.52. The number of hydrogen-bond acceptors (Lipinski definition) is 3. The Kier molecular flexibility index (Phi) is 4.21. The Hall–Kier alpha value is -1.82. The molecular weight excluding hydrogens is 238 g/mol. The fourth-order valence-electron chi connectivity index (χ4n) is 2.52. The van der Waals surface area contributed by atoms with Crippen LogP contribution >= 0.6 is 0 Å². The van der Waals surface area contributed by atoms with Gasteiger partial charge in [-0.15, -0.1) is 0 Å². The first-order chi connectivity index (χ1) is 9.10. The number of ether oxygens (including phenoxy) is 1. The van der Waals surface area contributed by atoms with Gasteiger partial charge in [0.05, 0.1) is 17.6 Å². The molecule has 0 bridgehead atoms. The molecule has 0 aromatic heterocycles. The Morgan fingerprint density at radius 3 is 2.58 bits per heavy atom. The molecule has 0 aliphatic heterocycles. The minimum absolute atomic E-state index is 0.0344. The number of hydrogen-bond donors (Lipinski definition) is 0. The molecule has 1 aliphatic carbocycles. The Labute approximate surface area is 114 Å². The average Bonchev–Trinajstić information content (AvgIpc) is 2.39. The number of nitrogens with zero attached hydrogens (tertiary/aromatic N) is 1. The standard InChI is InChI=1S/C16H19NO2/c1-11-3-5-13(6-4-11)16(18)19-15-8-7-14(10-17)12(2)9-15/h7-9,11,13H,3-6H2,1-2H3. The molecule has 1 saturated carbocycles. The molecule has 0 radical (unpaired) electrons. The van der Waals surface area contributed by atoms with E-state index in [2.05, 4.69) is 13.0 Å². The van der Waals surface area contributed by atoms with Crippen LogP contribution in [0.2, 0.25) is 0 Å². The number of nitriles is 1. The molecule has 0 atom stereocenters. The molecule has 1 aliphatic rings. The number of carbonyl (C=O) groups is 1. The molecule has 2 rings (SSSR count). The topological polar surface area (TPSA) is 50.1 Å². The number of esters is 1. The molecule has 1 aromatic carbocycles. The molecular formula is C16H19NO2. The predicted octanol–water partition coefficient (Wildman–Crippen LogP) is 3.60. The van der Waals surface area contributed by atoms with Gasteiger partial charge in [0.1, 0.15) is 5.75 Å². The van der Waals surface area contributed by atoms with Crippen LogP contribution in [0.3, 0.4) is 0 Å². The highest BCUT2D eigenvalue weighted by molar-refractivity contribution is 5.75. The van der Waals surface area contributed by atoms with Gasteiger partial charge in [-0.2, -0.15) is 5.26 Å². The Morgan fingerprint density at radius 1 is 1.32 bits per heavy atom. The summed E-state index contributed by atoms with van der Waals surface area (Å²) in [4.78, 5) is 12.1. The largest absolute Gasteiger partial charge is 0.426 e. The van der Waals surface area contributed by atoms with E-state index in [1.165, 1.54) is 0 Å². The van der Waals surface area contributed by atoms with Crippen LogP contribution in [0.5, 0.6) is 5.75 Å². The van der Waals surface area contributed by atoms with Gasteiger partial charge in [0.15, 0.2) is 0 Å². The molecule has 0 N–H and O–H groups in total. The van der Waals surface area contributed by atoms with Crippen molar-refractivity contribution in [1.82, 2.24) is 0 Å². The van der Waals surface area contributed by atoms with Gasteiger partial charge in [0.2, 0.25) is 0 Å². The maximum Gasteiger partial charge on any atom is 0.314 e. The van der Waals surface area contributed by atoms with Gasteiger partial charge >= 0.3 is 5.97 Å². The van der Waals surface area contributed by atoms with Crippen molar-refractivity contribution >= 4 is 5.97 Å². The molecule has 0 spiro atoms. The second-order valence-electron chi connectivity index (χ2n) is 5.47. The number of aryl methyl sites for hydroxylation is 1. The molecule has 3 heteroatoms. The number of rotatable bonds is 2. The Bertz CT molecular complexity index is 508. The highest BCUT2D eigenvalue weighted by Gasteiger charge is 2.25. The first kappa shape index (κ1) is 13.6. The molecule has 0 saturated heterocycles. The van der Waals surface area contributed by atoms with E-state index < -0.39 is 0 Å². The van der Waals surface area contributed by atoms with E-state index in [0.717, 1.165) is 37.2 Å². The van der Waals surface area contributed by atoms with Crippen LogP contribution < -0.4 is 4.74 Å².